The van der Waals surface area contributed by atoms with Gasteiger partial charge in [0.15, 0.2) is 0 Å². The number of carbonyl (C=O) groups excluding carboxylic acids is 1. The Morgan fingerprint density at radius 1 is 1.50 bits per heavy atom. The Hall–Kier alpha value is -1.03. The van der Waals surface area contributed by atoms with Crippen molar-refractivity contribution in [3.8, 4) is 5.75 Å². The minimum atomic E-state index is 0.0137. The van der Waals surface area contributed by atoms with E-state index >= 15 is 0 Å². The molecule has 1 fully saturated rings. The van der Waals surface area contributed by atoms with E-state index in [0.717, 1.165) is 19.5 Å². The zero-order valence-electron chi connectivity index (χ0n) is 10.7. The third-order valence-corrected chi connectivity index (χ3v) is 4.88. The fourth-order valence-electron chi connectivity index (χ4n) is 2.23. The van der Waals surface area contributed by atoms with Gasteiger partial charge in [-0.15, -0.1) is 0 Å². The summed E-state index contributed by atoms with van der Waals surface area (Å²) < 4.78 is 0. The quantitative estimate of drug-likeness (QED) is 0.810. The first-order chi connectivity index (χ1) is 8.50. The zero-order chi connectivity index (χ0) is 13.3. The molecule has 1 aliphatic heterocycles. The standard InChI is InChI=1S/C14H18BrNO2/c1-9-6-7-16(8-12(9)15)14(18)11-4-3-5-13(17)10(11)2/h3-5,9,12,17H,6-8H2,1-2H3. The number of amides is 1. The van der Waals surface area contributed by atoms with Crippen molar-refractivity contribution in [1.82, 2.24) is 4.90 Å². The number of phenolic OH excluding ortho intramolecular Hbond substituents is 1. The number of benzene rings is 1. The number of halogens is 1. The number of likely N-dealkylation sites (tertiary alicyclic amines) is 1. The Morgan fingerprint density at radius 2 is 2.22 bits per heavy atom. The van der Waals surface area contributed by atoms with Crippen molar-refractivity contribution in [3.63, 3.8) is 0 Å². The fraction of sp³-hybridized carbons (Fsp3) is 0.500. The molecule has 2 rings (SSSR count). The maximum Gasteiger partial charge on any atom is 0.254 e. The number of nitrogens with zero attached hydrogens (tertiary/aromatic N) is 1. The van der Waals surface area contributed by atoms with Crippen LogP contribution in [0.25, 0.3) is 0 Å². The second kappa shape index (κ2) is 5.31. The molecule has 1 saturated heterocycles. The summed E-state index contributed by atoms with van der Waals surface area (Å²) in [5.41, 5.74) is 1.26. The lowest BCUT2D eigenvalue weighted by molar-refractivity contribution is 0.0704. The highest BCUT2D eigenvalue weighted by atomic mass is 79.9. The maximum absolute atomic E-state index is 12.4. The van der Waals surface area contributed by atoms with Gasteiger partial charge < -0.3 is 10.0 Å². The lowest BCUT2D eigenvalue weighted by Crippen LogP contribution is -2.43. The van der Waals surface area contributed by atoms with E-state index in [1.54, 1.807) is 25.1 Å². The summed E-state index contributed by atoms with van der Waals surface area (Å²) in [5, 5.41) is 9.66. The van der Waals surface area contributed by atoms with Crippen molar-refractivity contribution in [1.29, 1.82) is 0 Å². The molecule has 1 aromatic carbocycles. The van der Waals surface area contributed by atoms with E-state index in [9.17, 15) is 9.90 Å². The average molecular weight is 312 g/mol. The molecule has 1 heterocycles. The number of hydrogen-bond donors (Lipinski definition) is 1. The number of alkyl halides is 1. The Morgan fingerprint density at radius 3 is 2.89 bits per heavy atom. The molecule has 98 valence electrons. The molecule has 0 aromatic heterocycles. The van der Waals surface area contributed by atoms with Gasteiger partial charge in [0.1, 0.15) is 5.75 Å². The van der Waals surface area contributed by atoms with Crippen molar-refractivity contribution in [2.24, 2.45) is 5.92 Å². The first-order valence-corrected chi connectivity index (χ1v) is 7.14. The molecule has 1 aromatic rings. The highest BCUT2D eigenvalue weighted by Gasteiger charge is 2.28. The summed E-state index contributed by atoms with van der Waals surface area (Å²) in [5.74, 6) is 0.792. The third kappa shape index (κ3) is 2.53. The van der Waals surface area contributed by atoms with Gasteiger partial charge in [0.2, 0.25) is 0 Å². The number of hydrogen-bond acceptors (Lipinski definition) is 2. The lowest BCUT2D eigenvalue weighted by Gasteiger charge is -2.34. The summed E-state index contributed by atoms with van der Waals surface area (Å²) in [6, 6.07) is 5.10. The molecule has 4 heteroatoms. The first kappa shape index (κ1) is 13.4. The van der Waals surface area contributed by atoms with Gasteiger partial charge in [-0.1, -0.05) is 28.9 Å². The van der Waals surface area contributed by atoms with Crippen LogP contribution in [0.1, 0.15) is 29.3 Å². The van der Waals surface area contributed by atoms with Crippen LogP contribution in [0.2, 0.25) is 0 Å². The van der Waals surface area contributed by atoms with Gasteiger partial charge in [0.05, 0.1) is 0 Å². The third-order valence-electron chi connectivity index (χ3n) is 3.69. The van der Waals surface area contributed by atoms with Crippen molar-refractivity contribution in [2.75, 3.05) is 13.1 Å². The van der Waals surface area contributed by atoms with Crippen LogP contribution in [0.4, 0.5) is 0 Å². The van der Waals surface area contributed by atoms with Crippen LogP contribution in [0, 0.1) is 12.8 Å². The molecule has 0 radical (unpaired) electrons. The largest absolute Gasteiger partial charge is 0.508 e. The highest BCUT2D eigenvalue weighted by molar-refractivity contribution is 9.09. The molecule has 18 heavy (non-hydrogen) atoms. The van der Waals surface area contributed by atoms with E-state index in [1.807, 2.05) is 4.90 Å². The summed E-state index contributed by atoms with van der Waals surface area (Å²) in [4.78, 5) is 14.6. The number of piperidine rings is 1. The summed E-state index contributed by atoms with van der Waals surface area (Å²) >= 11 is 3.62. The van der Waals surface area contributed by atoms with Gasteiger partial charge in [0, 0.05) is 29.0 Å². The van der Waals surface area contributed by atoms with Crippen LogP contribution in [-0.4, -0.2) is 33.8 Å². The van der Waals surface area contributed by atoms with Crippen LogP contribution in [0.5, 0.6) is 5.75 Å². The Kier molecular flexibility index (Phi) is 3.95. The van der Waals surface area contributed by atoms with Gasteiger partial charge in [-0.2, -0.15) is 0 Å². The fourth-order valence-corrected chi connectivity index (χ4v) is 2.85. The van der Waals surface area contributed by atoms with Crippen molar-refractivity contribution in [3.05, 3.63) is 29.3 Å². The van der Waals surface area contributed by atoms with E-state index < -0.39 is 0 Å². The summed E-state index contributed by atoms with van der Waals surface area (Å²) in [7, 11) is 0. The number of aromatic hydroxyl groups is 1. The van der Waals surface area contributed by atoms with E-state index in [0.29, 0.717) is 21.9 Å². The van der Waals surface area contributed by atoms with Gasteiger partial charge in [-0.3, -0.25) is 4.79 Å². The second-order valence-corrected chi connectivity index (χ2v) is 6.16. The molecule has 1 amide bonds. The Labute approximate surface area is 116 Å². The molecule has 0 saturated carbocycles. The van der Waals surface area contributed by atoms with Gasteiger partial charge in [0.25, 0.3) is 5.91 Å². The van der Waals surface area contributed by atoms with Crippen LogP contribution in [0.3, 0.4) is 0 Å². The number of rotatable bonds is 1. The predicted molar refractivity (Wildman–Crippen MR) is 75.2 cm³/mol. The van der Waals surface area contributed by atoms with Crippen molar-refractivity contribution < 1.29 is 9.90 Å². The average Bonchev–Trinajstić information content (AvgIpc) is 2.35. The van der Waals surface area contributed by atoms with E-state index in [-0.39, 0.29) is 11.7 Å². The number of phenols is 1. The van der Waals surface area contributed by atoms with E-state index in [4.69, 9.17) is 0 Å². The van der Waals surface area contributed by atoms with Crippen LogP contribution < -0.4 is 0 Å². The van der Waals surface area contributed by atoms with Crippen LogP contribution in [-0.2, 0) is 0 Å². The maximum atomic E-state index is 12.4. The molecule has 3 nitrogen and oxygen atoms in total. The highest BCUT2D eigenvalue weighted by Crippen LogP contribution is 2.26. The van der Waals surface area contributed by atoms with Crippen molar-refractivity contribution >= 4 is 21.8 Å². The molecule has 1 N–H and O–H groups in total. The molecular weight excluding hydrogens is 294 g/mol. The Bertz CT molecular complexity index is 461. The zero-order valence-corrected chi connectivity index (χ0v) is 12.3. The topological polar surface area (TPSA) is 40.5 Å². The Balaban J connectivity index is 2.19. The summed E-state index contributed by atoms with van der Waals surface area (Å²) in [6.07, 6.45) is 1.01. The molecule has 2 unspecified atom stereocenters. The van der Waals surface area contributed by atoms with Crippen LogP contribution >= 0.6 is 15.9 Å². The molecule has 1 aliphatic rings. The normalized spacial score (nSPS) is 24.1. The second-order valence-electron chi connectivity index (χ2n) is 4.98. The molecule has 2 atom stereocenters. The lowest BCUT2D eigenvalue weighted by atomic mass is 9.97. The minimum absolute atomic E-state index is 0.0137. The van der Waals surface area contributed by atoms with Gasteiger partial charge >= 0.3 is 0 Å². The number of carbonyl (C=O) groups is 1. The van der Waals surface area contributed by atoms with Gasteiger partial charge in [-0.25, -0.2) is 0 Å². The van der Waals surface area contributed by atoms with Crippen LogP contribution in [0.15, 0.2) is 18.2 Å². The summed E-state index contributed by atoms with van der Waals surface area (Å²) in [6.45, 7) is 5.49. The van der Waals surface area contributed by atoms with E-state index in [1.165, 1.54) is 0 Å². The predicted octanol–water partition coefficient (Wildman–Crippen LogP) is 2.95. The molecule has 0 spiro atoms. The smallest absolute Gasteiger partial charge is 0.254 e. The molecule has 0 aliphatic carbocycles. The monoisotopic (exact) mass is 311 g/mol. The molecular formula is C14H18BrNO2. The van der Waals surface area contributed by atoms with Crippen molar-refractivity contribution in [2.45, 2.75) is 25.1 Å². The van der Waals surface area contributed by atoms with Gasteiger partial charge in [-0.05, 0) is 31.4 Å². The SMILES string of the molecule is Cc1c(O)cccc1C(=O)N1CCC(C)C(Br)C1. The van der Waals surface area contributed by atoms with E-state index in [2.05, 4.69) is 22.9 Å². The minimum Gasteiger partial charge on any atom is -0.508 e. The first-order valence-electron chi connectivity index (χ1n) is 6.22. The molecule has 0 bridgehead atoms.